The molecule has 0 saturated carbocycles. The van der Waals surface area contributed by atoms with Gasteiger partial charge in [0, 0.05) is 17.1 Å². The molecule has 72 valence electrons. The summed E-state index contributed by atoms with van der Waals surface area (Å²) in [5, 5.41) is 8.25. The maximum Gasteiger partial charge on any atom is 0.692 e. The fourth-order valence-corrected chi connectivity index (χ4v) is 0.277. The van der Waals surface area contributed by atoms with Gasteiger partial charge in [-0.05, 0) is 0 Å². The van der Waals surface area contributed by atoms with Crippen LogP contribution in [0.4, 0.5) is 0 Å². The summed E-state index contributed by atoms with van der Waals surface area (Å²) in [6.45, 7) is -0.500. The molecule has 0 fully saturated rings. The molecule has 1 aromatic heterocycles. The summed E-state index contributed by atoms with van der Waals surface area (Å²) in [6, 6.07) is 1.83. The van der Waals surface area contributed by atoms with E-state index < -0.39 is 14.7 Å². The summed E-state index contributed by atoms with van der Waals surface area (Å²) in [5.41, 5.74) is 0. The van der Waals surface area contributed by atoms with Crippen LogP contribution in [-0.4, -0.2) is 21.2 Å². The van der Waals surface area contributed by atoms with Crippen molar-refractivity contribution in [2.24, 2.45) is 0 Å². The molecular weight excluding hydrogens is 199 g/mol. The molecule has 0 saturated heterocycles. The van der Waals surface area contributed by atoms with E-state index in [9.17, 15) is 0 Å². The highest BCUT2D eigenvalue weighted by Gasteiger charge is 1.93. The minimum absolute atomic E-state index is 0.500. The van der Waals surface area contributed by atoms with Gasteiger partial charge in [-0.15, -0.1) is 9.79 Å². The first kappa shape index (κ1) is 14.1. The predicted octanol–water partition coefficient (Wildman–Crippen LogP) is -2.11. The lowest BCUT2D eigenvalue weighted by atomic mass is 10.7. The van der Waals surface area contributed by atoms with E-state index in [1.807, 2.05) is 12.3 Å². The molecule has 0 atom stereocenters. The molecule has 3 N–H and O–H groups in total. The number of nitrogens with one attached hydrogen (secondary N) is 1. The maximum absolute atomic E-state index is 8.70. The minimum atomic E-state index is -2.87. The van der Waals surface area contributed by atoms with E-state index in [0.717, 1.165) is 0 Å². The minimum Gasteiger partial charge on any atom is -0.554 e. The highest BCUT2D eigenvalue weighted by molar-refractivity contribution is 7.30. The Balaban J connectivity index is 0. The lowest BCUT2D eigenvalue weighted by Gasteiger charge is -1.61. The van der Waals surface area contributed by atoms with Crippen molar-refractivity contribution >= 4 is 14.7 Å². The third kappa shape index (κ3) is 37.2. The van der Waals surface area contributed by atoms with Gasteiger partial charge >= 0.3 is 8.25 Å². The average molecular weight is 207 g/mol. The van der Waals surface area contributed by atoms with Gasteiger partial charge in [-0.3, -0.25) is 4.98 Å². The molecule has 0 aromatic carbocycles. The molecule has 0 amide bonds. The molecule has 0 bridgehead atoms. The number of H-pyrrole nitrogens is 1. The smallest absolute Gasteiger partial charge is 0.554 e. The van der Waals surface area contributed by atoms with Crippen molar-refractivity contribution < 1.29 is 29.2 Å². The maximum atomic E-state index is 8.70. The summed E-state index contributed by atoms with van der Waals surface area (Å²) in [4.78, 5) is 29.0. The molecule has 1 rings (SSSR count). The largest absolute Gasteiger partial charge is 0.692 e. The summed E-state index contributed by atoms with van der Waals surface area (Å²) in [7, 11) is -2.87. The number of carbonyl (C=O) groups excluding carboxylic acids is 1. The molecular formula is C5H8N2O5P+. The van der Waals surface area contributed by atoms with Crippen molar-refractivity contribution in [3.05, 3.63) is 24.8 Å². The van der Waals surface area contributed by atoms with E-state index in [2.05, 4.69) is 9.97 Å². The van der Waals surface area contributed by atoms with Crippen molar-refractivity contribution in [3.63, 3.8) is 0 Å². The number of hydrogen-bond donors (Lipinski definition) is 2. The van der Waals surface area contributed by atoms with Crippen LogP contribution in [0.1, 0.15) is 0 Å². The third-order valence-corrected chi connectivity index (χ3v) is 0.514. The molecule has 0 aliphatic heterocycles. The monoisotopic (exact) mass is 207 g/mol. The van der Waals surface area contributed by atoms with Gasteiger partial charge in [0.25, 0.3) is 6.33 Å². The number of aromatic amines is 1. The zero-order chi connectivity index (χ0) is 10.5. The van der Waals surface area contributed by atoms with Crippen molar-refractivity contribution in [2.45, 2.75) is 0 Å². The van der Waals surface area contributed by atoms with Crippen molar-refractivity contribution in [1.82, 2.24) is 4.98 Å². The molecule has 0 unspecified atom stereocenters. The Labute approximate surface area is 74.7 Å². The van der Waals surface area contributed by atoms with Crippen molar-refractivity contribution in [2.75, 3.05) is 0 Å². The molecule has 0 aliphatic rings. The Bertz CT molecular complexity index is 189. The number of aromatic nitrogens is 2. The molecule has 1 heterocycles. The first-order valence-corrected chi connectivity index (χ1v) is 3.98. The van der Waals surface area contributed by atoms with Gasteiger partial charge in [0.1, 0.15) is 6.20 Å². The first-order valence-electron chi connectivity index (χ1n) is 2.81. The Hall–Kier alpha value is -1.43. The summed E-state index contributed by atoms with van der Waals surface area (Å²) in [5.74, 6) is 0. The van der Waals surface area contributed by atoms with Gasteiger partial charge in [0.15, 0.2) is 0 Å². The number of rotatable bonds is 0. The molecule has 1 aromatic rings. The molecule has 0 radical (unpaired) electrons. The summed E-state index contributed by atoms with van der Waals surface area (Å²) >= 11 is 0. The Morgan fingerprint density at radius 2 is 2.00 bits per heavy atom. The summed E-state index contributed by atoms with van der Waals surface area (Å²) in [6.07, 6.45) is 5.16. The van der Waals surface area contributed by atoms with Crippen LogP contribution in [0, 0.1) is 0 Å². The Morgan fingerprint density at radius 1 is 1.54 bits per heavy atom. The molecule has 8 heteroatoms. The fourth-order valence-electron chi connectivity index (χ4n) is 0.277. The normalized spacial score (nSPS) is 6.62. The van der Waals surface area contributed by atoms with E-state index in [4.69, 9.17) is 24.3 Å². The van der Waals surface area contributed by atoms with Gasteiger partial charge in [0.05, 0.1) is 6.20 Å². The van der Waals surface area contributed by atoms with Gasteiger partial charge in [-0.1, -0.05) is 4.98 Å². The van der Waals surface area contributed by atoms with E-state index in [-0.39, 0.29) is 0 Å². The third-order valence-electron chi connectivity index (χ3n) is 0.514. The molecule has 0 aliphatic carbocycles. The van der Waals surface area contributed by atoms with Crippen LogP contribution in [0.5, 0.6) is 0 Å². The zero-order valence-electron chi connectivity index (χ0n) is 6.40. The lowest BCUT2D eigenvalue weighted by molar-refractivity contribution is -0.382. The highest BCUT2D eigenvalue weighted by Crippen LogP contribution is 1.98. The van der Waals surface area contributed by atoms with Crippen LogP contribution in [-0.2, 0) is 9.36 Å². The number of carbonyl (C=O) groups is 1. The van der Waals surface area contributed by atoms with Gasteiger partial charge < -0.3 is 9.90 Å². The highest BCUT2D eigenvalue weighted by atomic mass is 31.1. The van der Waals surface area contributed by atoms with E-state index in [0.29, 0.717) is 0 Å². The van der Waals surface area contributed by atoms with Crippen LogP contribution >= 0.6 is 8.25 Å². The number of nitrogens with zero attached hydrogens (tertiary/aromatic N) is 1. The van der Waals surface area contributed by atoms with Gasteiger partial charge in [0.2, 0.25) is 0 Å². The second kappa shape index (κ2) is 13.2. The zero-order valence-corrected chi connectivity index (χ0v) is 7.29. The van der Waals surface area contributed by atoms with Crippen LogP contribution in [0.3, 0.4) is 0 Å². The van der Waals surface area contributed by atoms with Crippen molar-refractivity contribution in [1.29, 1.82) is 0 Å². The first-order chi connectivity index (χ1) is 6.15. The van der Waals surface area contributed by atoms with E-state index >= 15 is 0 Å². The molecule has 13 heavy (non-hydrogen) atoms. The molecule has 7 nitrogen and oxygen atoms in total. The molecule has 0 spiro atoms. The number of carboxylic acid groups (broad SMARTS) is 1. The van der Waals surface area contributed by atoms with Crippen LogP contribution in [0.2, 0.25) is 0 Å². The second-order valence-electron chi connectivity index (χ2n) is 1.30. The fraction of sp³-hybridized carbons (Fsp3) is 0. The Morgan fingerprint density at radius 3 is 2.08 bits per heavy atom. The SMILES string of the molecule is O=C[O-].O=[P+](O)O.c1cnc[nH+]c1. The van der Waals surface area contributed by atoms with E-state index in [1.165, 1.54) is 0 Å². The van der Waals surface area contributed by atoms with Crippen LogP contribution in [0.15, 0.2) is 24.8 Å². The van der Waals surface area contributed by atoms with Crippen LogP contribution < -0.4 is 10.1 Å². The average Bonchev–Trinajstić information content (AvgIpc) is 2.08. The summed E-state index contributed by atoms with van der Waals surface area (Å²) < 4.78 is 8.70. The number of hydrogen-bond acceptors (Lipinski definition) is 4. The quantitative estimate of drug-likeness (QED) is 0.370. The van der Waals surface area contributed by atoms with Gasteiger partial charge in [-0.2, -0.15) is 0 Å². The Kier molecular flexibility index (Phi) is 14.3. The van der Waals surface area contributed by atoms with E-state index in [1.54, 1.807) is 12.5 Å². The van der Waals surface area contributed by atoms with Crippen molar-refractivity contribution in [3.8, 4) is 0 Å². The standard InChI is InChI=1S/C4H4N2.CH2O2.HO3P/c1-2-5-4-6-3-1;2-1-3;1-4(2)3/h1-4H;1H,(H,2,3);(H-,1,2,3)/p+1. The van der Waals surface area contributed by atoms with Crippen LogP contribution in [0.25, 0.3) is 0 Å². The predicted molar refractivity (Wildman–Crippen MR) is 38.9 cm³/mol. The van der Waals surface area contributed by atoms with Gasteiger partial charge in [-0.25, -0.2) is 0 Å². The topological polar surface area (TPSA) is 125 Å². The lowest BCUT2D eigenvalue weighted by Crippen LogP contribution is -2.01. The second-order valence-corrected chi connectivity index (χ2v) is 1.81.